The number of carbonyl (C=O) groups excluding carboxylic acids is 1. The number of methoxy groups -OCH3 is 1. The minimum absolute atomic E-state index is 0. The zero-order valence-corrected chi connectivity index (χ0v) is 11.9. The van der Waals surface area contributed by atoms with Crippen LogP contribution in [0.2, 0.25) is 0 Å². The van der Waals surface area contributed by atoms with Crippen molar-refractivity contribution in [2.75, 3.05) is 7.11 Å². The summed E-state index contributed by atoms with van der Waals surface area (Å²) in [6.07, 6.45) is 7.40. The Kier molecular flexibility index (Phi) is 6.39. The number of amides is 1. The molecule has 2 aliphatic carbocycles. The second-order valence-electron chi connectivity index (χ2n) is 5.50. The molecule has 4 unspecified atom stereocenters. The lowest BCUT2D eigenvalue weighted by Crippen LogP contribution is -2.41. The quantitative estimate of drug-likeness (QED) is 0.823. The molecule has 0 bridgehead atoms. The Bertz CT molecular complexity index is 276. The van der Waals surface area contributed by atoms with Crippen molar-refractivity contribution >= 4 is 18.3 Å². The molecule has 18 heavy (non-hydrogen) atoms. The van der Waals surface area contributed by atoms with Gasteiger partial charge in [-0.1, -0.05) is 6.42 Å². The molecule has 1 amide bonds. The van der Waals surface area contributed by atoms with Crippen LogP contribution in [0.5, 0.6) is 0 Å². The van der Waals surface area contributed by atoms with Crippen LogP contribution in [0.15, 0.2) is 0 Å². The number of carbonyl (C=O) groups is 1. The molecule has 0 aliphatic heterocycles. The Morgan fingerprint density at radius 3 is 2.61 bits per heavy atom. The highest BCUT2D eigenvalue weighted by Gasteiger charge is 2.30. The summed E-state index contributed by atoms with van der Waals surface area (Å²) in [6.45, 7) is 0. The third kappa shape index (κ3) is 4.11. The second kappa shape index (κ2) is 7.31. The van der Waals surface area contributed by atoms with Crippen LogP contribution < -0.4 is 11.1 Å². The minimum Gasteiger partial charge on any atom is -0.381 e. The van der Waals surface area contributed by atoms with Gasteiger partial charge in [-0.25, -0.2) is 0 Å². The number of nitrogens with one attached hydrogen (secondary N) is 1. The predicted octanol–water partition coefficient (Wildman–Crippen LogP) is 1.61. The molecule has 0 heterocycles. The Labute approximate surface area is 115 Å². The maximum absolute atomic E-state index is 12.1. The zero-order valence-electron chi connectivity index (χ0n) is 11.1. The Balaban J connectivity index is 0.00000162. The Morgan fingerprint density at radius 1 is 1.22 bits per heavy atom. The first-order valence-corrected chi connectivity index (χ1v) is 6.77. The van der Waals surface area contributed by atoms with Crippen molar-refractivity contribution in [2.24, 2.45) is 11.7 Å². The van der Waals surface area contributed by atoms with Gasteiger partial charge >= 0.3 is 0 Å². The first-order chi connectivity index (χ1) is 8.19. The molecule has 2 rings (SSSR count). The van der Waals surface area contributed by atoms with Crippen LogP contribution >= 0.6 is 12.4 Å². The SMILES string of the molecule is COC1CCC(NC(=O)C2CCCC(N)C2)C1.Cl. The van der Waals surface area contributed by atoms with Crippen molar-refractivity contribution in [2.45, 2.75) is 63.1 Å². The molecule has 106 valence electrons. The molecular formula is C13H25ClN2O2. The molecule has 0 aromatic rings. The smallest absolute Gasteiger partial charge is 0.223 e. The normalized spacial score (nSPS) is 35.9. The van der Waals surface area contributed by atoms with Gasteiger partial charge in [-0.3, -0.25) is 4.79 Å². The van der Waals surface area contributed by atoms with Crippen LogP contribution in [0.25, 0.3) is 0 Å². The highest BCUT2D eigenvalue weighted by molar-refractivity contribution is 5.85. The van der Waals surface area contributed by atoms with E-state index in [1.54, 1.807) is 7.11 Å². The van der Waals surface area contributed by atoms with E-state index in [1.165, 1.54) is 0 Å². The lowest BCUT2D eigenvalue weighted by Gasteiger charge is -2.27. The molecule has 4 atom stereocenters. The fourth-order valence-corrected chi connectivity index (χ4v) is 3.07. The third-order valence-corrected chi connectivity index (χ3v) is 4.15. The largest absolute Gasteiger partial charge is 0.381 e. The van der Waals surface area contributed by atoms with Gasteiger partial charge in [0.05, 0.1) is 6.10 Å². The lowest BCUT2D eigenvalue weighted by molar-refractivity contribution is -0.126. The van der Waals surface area contributed by atoms with E-state index < -0.39 is 0 Å². The van der Waals surface area contributed by atoms with E-state index in [0.717, 1.165) is 44.9 Å². The molecular weight excluding hydrogens is 252 g/mol. The molecule has 4 nitrogen and oxygen atoms in total. The van der Waals surface area contributed by atoms with Crippen molar-refractivity contribution in [3.05, 3.63) is 0 Å². The van der Waals surface area contributed by atoms with Crippen molar-refractivity contribution in [3.63, 3.8) is 0 Å². The Morgan fingerprint density at radius 2 is 2.00 bits per heavy atom. The van der Waals surface area contributed by atoms with Crippen LogP contribution in [0.4, 0.5) is 0 Å². The van der Waals surface area contributed by atoms with Crippen LogP contribution in [0.1, 0.15) is 44.9 Å². The molecule has 0 aromatic carbocycles. The second-order valence-corrected chi connectivity index (χ2v) is 5.50. The van der Waals surface area contributed by atoms with E-state index in [9.17, 15) is 4.79 Å². The lowest BCUT2D eigenvalue weighted by atomic mass is 9.85. The van der Waals surface area contributed by atoms with E-state index in [0.29, 0.717) is 12.1 Å². The van der Waals surface area contributed by atoms with Gasteiger partial charge in [0.25, 0.3) is 0 Å². The van der Waals surface area contributed by atoms with E-state index in [2.05, 4.69) is 5.32 Å². The molecule has 2 fully saturated rings. The average molecular weight is 277 g/mol. The van der Waals surface area contributed by atoms with Crippen molar-refractivity contribution < 1.29 is 9.53 Å². The topological polar surface area (TPSA) is 64.3 Å². The molecule has 3 N–H and O–H groups in total. The van der Waals surface area contributed by atoms with Gasteiger partial charge in [-0.15, -0.1) is 12.4 Å². The number of rotatable bonds is 3. The first kappa shape index (κ1) is 15.7. The summed E-state index contributed by atoms with van der Waals surface area (Å²) in [6, 6.07) is 0.528. The summed E-state index contributed by atoms with van der Waals surface area (Å²) in [4.78, 5) is 12.1. The van der Waals surface area contributed by atoms with Gasteiger partial charge in [0.1, 0.15) is 0 Å². The minimum atomic E-state index is 0. The van der Waals surface area contributed by atoms with E-state index >= 15 is 0 Å². The maximum atomic E-state index is 12.1. The maximum Gasteiger partial charge on any atom is 0.223 e. The third-order valence-electron chi connectivity index (χ3n) is 4.15. The molecule has 2 saturated carbocycles. The summed E-state index contributed by atoms with van der Waals surface area (Å²) >= 11 is 0. The van der Waals surface area contributed by atoms with Gasteiger partial charge in [-0.2, -0.15) is 0 Å². The van der Waals surface area contributed by atoms with Crippen LogP contribution in [-0.4, -0.2) is 31.2 Å². The summed E-state index contributed by atoms with van der Waals surface area (Å²) in [5.74, 6) is 0.349. The van der Waals surface area contributed by atoms with Crippen molar-refractivity contribution in [3.8, 4) is 0 Å². The van der Waals surface area contributed by atoms with E-state index in [1.807, 2.05) is 0 Å². The molecule has 0 radical (unpaired) electrons. The Hall–Kier alpha value is -0.320. The van der Waals surface area contributed by atoms with Gasteiger partial charge in [0.2, 0.25) is 5.91 Å². The summed E-state index contributed by atoms with van der Waals surface area (Å²) in [5, 5.41) is 3.16. The van der Waals surface area contributed by atoms with Crippen LogP contribution in [0.3, 0.4) is 0 Å². The van der Waals surface area contributed by atoms with Gasteiger partial charge in [0.15, 0.2) is 0 Å². The van der Waals surface area contributed by atoms with Crippen molar-refractivity contribution in [1.82, 2.24) is 5.32 Å². The fourth-order valence-electron chi connectivity index (χ4n) is 3.07. The summed E-state index contributed by atoms with van der Waals surface area (Å²) in [7, 11) is 1.75. The number of ether oxygens (including phenoxy) is 1. The number of hydrogen-bond donors (Lipinski definition) is 2. The molecule has 2 aliphatic rings. The predicted molar refractivity (Wildman–Crippen MR) is 73.8 cm³/mol. The molecule has 0 saturated heterocycles. The average Bonchev–Trinajstić information content (AvgIpc) is 2.77. The van der Waals surface area contributed by atoms with E-state index in [-0.39, 0.29) is 30.3 Å². The van der Waals surface area contributed by atoms with Gasteiger partial charge in [-0.05, 0) is 38.5 Å². The molecule has 5 heteroatoms. The highest BCUT2D eigenvalue weighted by atomic mass is 35.5. The highest BCUT2D eigenvalue weighted by Crippen LogP contribution is 2.25. The fraction of sp³-hybridized carbons (Fsp3) is 0.923. The number of halogens is 1. The summed E-state index contributed by atoms with van der Waals surface area (Å²) in [5.41, 5.74) is 5.91. The zero-order chi connectivity index (χ0) is 12.3. The first-order valence-electron chi connectivity index (χ1n) is 6.77. The van der Waals surface area contributed by atoms with Gasteiger partial charge < -0.3 is 15.8 Å². The standard InChI is InChI=1S/C13H24N2O2.ClH/c1-17-12-6-5-11(8-12)15-13(16)9-3-2-4-10(14)7-9;/h9-12H,2-8,14H2,1H3,(H,15,16);1H. The number of nitrogens with two attached hydrogens (primary N) is 1. The van der Waals surface area contributed by atoms with Crippen LogP contribution in [-0.2, 0) is 9.53 Å². The van der Waals surface area contributed by atoms with Crippen LogP contribution in [0, 0.1) is 5.92 Å². The van der Waals surface area contributed by atoms with Crippen molar-refractivity contribution in [1.29, 1.82) is 0 Å². The summed E-state index contributed by atoms with van der Waals surface area (Å²) < 4.78 is 5.31. The number of hydrogen-bond acceptors (Lipinski definition) is 3. The van der Waals surface area contributed by atoms with E-state index in [4.69, 9.17) is 10.5 Å². The molecule has 0 spiro atoms. The van der Waals surface area contributed by atoms with Gasteiger partial charge in [0, 0.05) is 25.1 Å². The monoisotopic (exact) mass is 276 g/mol. The molecule has 0 aromatic heterocycles.